The molecule has 200 valence electrons. The number of fused-ring (bicyclic) bond motifs is 1. The minimum absolute atomic E-state index is 0.0370. The highest BCUT2D eigenvalue weighted by Crippen LogP contribution is 2.44. The average Bonchev–Trinajstić information content (AvgIpc) is 3.38. The minimum atomic E-state index is -4.66. The number of H-pyrrole nitrogens is 1. The lowest BCUT2D eigenvalue weighted by atomic mass is 9.87. The van der Waals surface area contributed by atoms with Gasteiger partial charge < -0.3 is 9.72 Å². The van der Waals surface area contributed by atoms with Gasteiger partial charge in [0.25, 0.3) is 0 Å². The number of alkyl halides is 6. The molecule has 0 radical (unpaired) electrons. The van der Waals surface area contributed by atoms with Crippen LogP contribution in [-0.2, 0) is 12.7 Å². The molecule has 0 atom stereocenters. The number of ether oxygens (including phenoxy) is 1. The molecule has 0 amide bonds. The van der Waals surface area contributed by atoms with Gasteiger partial charge in [-0.05, 0) is 80.1 Å². The summed E-state index contributed by atoms with van der Waals surface area (Å²) in [5, 5.41) is 0.499. The van der Waals surface area contributed by atoms with Gasteiger partial charge >= 0.3 is 12.4 Å². The van der Waals surface area contributed by atoms with Crippen LogP contribution in [0.25, 0.3) is 10.8 Å². The van der Waals surface area contributed by atoms with E-state index in [4.69, 9.17) is 4.74 Å². The van der Waals surface area contributed by atoms with E-state index >= 15 is 0 Å². The first-order chi connectivity index (χ1) is 17.6. The van der Waals surface area contributed by atoms with Crippen molar-refractivity contribution in [2.45, 2.75) is 69.4 Å². The molecule has 2 aliphatic rings. The van der Waals surface area contributed by atoms with E-state index in [1.807, 2.05) is 6.20 Å². The number of piperidine rings is 1. The number of imidazole rings is 1. The second kappa shape index (κ2) is 10.2. The van der Waals surface area contributed by atoms with E-state index in [0.717, 1.165) is 37.2 Å². The minimum Gasteiger partial charge on any atom is -0.490 e. The summed E-state index contributed by atoms with van der Waals surface area (Å²) in [6.07, 6.45) is -4.16. The largest absolute Gasteiger partial charge is 0.490 e. The number of halogens is 6. The summed E-state index contributed by atoms with van der Waals surface area (Å²) in [7, 11) is 0. The number of aromatic nitrogens is 2. The zero-order chi connectivity index (χ0) is 26.2. The van der Waals surface area contributed by atoms with Crippen LogP contribution in [0.15, 0.2) is 42.9 Å². The van der Waals surface area contributed by atoms with Crippen molar-refractivity contribution in [2.75, 3.05) is 13.1 Å². The highest BCUT2D eigenvalue weighted by molar-refractivity contribution is 5.89. The Hall–Kier alpha value is -2.75. The van der Waals surface area contributed by atoms with Crippen LogP contribution in [0.4, 0.5) is 26.3 Å². The highest BCUT2D eigenvalue weighted by atomic mass is 19.4. The number of nitrogens with zero attached hydrogens (tertiary/aromatic N) is 2. The molecule has 37 heavy (non-hydrogen) atoms. The molecule has 5 rings (SSSR count). The lowest BCUT2D eigenvalue weighted by molar-refractivity contribution is -0.185. The van der Waals surface area contributed by atoms with Gasteiger partial charge in [-0.15, -0.1) is 0 Å². The molecular weight excluding hydrogens is 496 g/mol. The maximum atomic E-state index is 14.1. The quantitative estimate of drug-likeness (QED) is 0.352. The van der Waals surface area contributed by atoms with Crippen molar-refractivity contribution in [3.05, 3.63) is 59.7 Å². The zero-order valence-electron chi connectivity index (χ0n) is 20.2. The summed E-state index contributed by atoms with van der Waals surface area (Å²) >= 11 is 0. The third kappa shape index (κ3) is 5.89. The van der Waals surface area contributed by atoms with Crippen LogP contribution < -0.4 is 4.74 Å². The van der Waals surface area contributed by atoms with E-state index < -0.39 is 29.9 Å². The molecule has 4 nitrogen and oxygen atoms in total. The average molecular weight is 526 g/mol. The first kappa shape index (κ1) is 25.9. The summed E-state index contributed by atoms with van der Waals surface area (Å²) in [4.78, 5) is 9.63. The summed E-state index contributed by atoms with van der Waals surface area (Å²) in [6, 6.07) is 7.89. The topological polar surface area (TPSA) is 41.1 Å². The fraction of sp³-hybridized carbons (Fsp3) is 0.519. The fourth-order valence-electron chi connectivity index (χ4n) is 5.68. The Labute approximate surface area is 211 Å². The monoisotopic (exact) mass is 525 g/mol. The normalized spacial score (nSPS) is 22.4. The van der Waals surface area contributed by atoms with Crippen molar-refractivity contribution in [1.29, 1.82) is 0 Å². The van der Waals surface area contributed by atoms with Crippen molar-refractivity contribution < 1.29 is 31.1 Å². The Balaban J connectivity index is 1.29. The number of benzene rings is 2. The van der Waals surface area contributed by atoms with Crippen molar-refractivity contribution >= 4 is 10.8 Å². The van der Waals surface area contributed by atoms with E-state index in [9.17, 15) is 26.3 Å². The molecule has 1 N–H and O–H groups in total. The maximum Gasteiger partial charge on any atom is 0.420 e. The number of aromatic amines is 1. The number of likely N-dealkylation sites (tertiary alicyclic amines) is 1. The number of rotatable bonds is 5. The van der Waals surface area contributed by atoms with E-state index in [0.29, 0.717) is 17.8 Å². The maximum absolute atomic E-state index is 14.1. The summed E-state index contributed by atoms with van der Waals surface area (Å²) in [5.74, 6) is -1.32. The smallest absolute Gasteiger partial charge is 0.420 e. The second-order valence-electron chi connectivity index (χ2n) is 10.2. The van der Waals surface area contributed by atoms with Crippen molar-refractivity contribution in [3.63, 3.8) is 0 Å². The van der Waals surface area contributed by atoms with Gasteiger partial charge in [0.15, 0.2) is 0 Å². The highest BCUT2D eigenvalue weighted by Gasteiger charge is 2.42. The van der Waals surface area contributed by atoms with Gasteiger partial charge in [-0.3, -0.25) is 4.90 Å². The van der Waals surface area contributed by atoms with Crippen LogP contribution in [0.1, 0.15) is 61.3 Å². The first-order valence-corrected chi connectivity index (χ1v) is 12.6. The Morgan fingerprint density at radius 3 is 2.27 bits per heavy atom. The molecule has 0 spiro atoms. The van der Waals surface area contributed by atoms with Gasteiger partial charge in [-0.2, -0.15) is 26.3 Å². The van der Waals surface area contributed by atoms with Crippen LogP contribution in [0.2, 0.25) is 0 Å². The predicted molar refractivity (Wildman–Crippen MR) is 127 cm³/mol. The van der Waals surface area contributed by atoms with Crippen LogP contribution in [0, 0.1) is 5.92 Å². The number of hydrogen-bond acceptors (Lipinski definition) is 3. The second-order valence-corrected chi connectivity index (χ2v) is 10.2. The molecule has 3 aromatic rings. The van der Waals surface area contributed by atoms with E-state index in [1.54, 1.807) is 24.5 Å². The molecule has 0 bridgehead atoms. The molecule has 2 heterocycles. The van der Waals surface area contributed by atoms with E-state index in [-0.39, 0.29) is 36.8 Å². The Kier molecular flexibility index (Phi) is 7.13. The third-order valence-electron chi connectivity index (χ3n) is 7.69. The van der Waals surface area contributed by atoms with Crippen molar-refractivity contribution in [3.8, 4) is 5.75 Å². The molecule has 2 fully saturated rings. The van der Waals surface area contributed by atoms with Gasteiger partial charge in [0.05, 0.1) is 24.0 Å². The van der Waals surface area contributed by atoms with Crippen LogP contribution >= 0.6 is 0 Å². The molecule has 1 aliphatic heterocycles. The molecule has 1 aliphatic carbocycles. The third-order valence-corrected chi connectivity index (χ3v) is 7.69. The molecule has 1 saturated carbocycles. The number of hydrogen-bond donors (Lipinski definition) is 1. The molecule has 1 aromatic heterocycles. The lowest BCUT2D eigenvalue weighted by Gasteiger charge is -2.31. The van der Waals surface area contributed by atoms with Crippen LogP contribution in [-0.4, -0.2) is 40.2 Å². The van der Waals surface area contributed by atoms with Gasteiger partial charge in [-0.25, -0.2) is 4.98 Å². The Bertz CT molecular complexity index is 1190. The van der Waals surface area contributed by atoms with Crippen LogP contribution in [0.3, 0.4) is 0 Å². The molecule has 0 unspecified atom stereocenters. The lowest BCUT2D eigenvalue weighted by Crippen LogP contribution is -2.32. The molecular formula is C27H29F6N3O. The first-order valence-electron chi connectivity index (χ1n) is 12.6. The Morgan fingerprint density at radius 1 is 0.919 bits per heavy atom. The van der Waals surface area contributed by atoms with E-state index in [1.165, 1.54) is 12.1 Å². The predicted octanol–water partition coefficient (Wildman–Crippen LogP) is 7.46. The zero-order valence-corrected chi connectivity index (χ0v) is 20.2. The number of nitrogens with one attached hydrogen (secondary N) is 1. The van der Waals surface area contributed by atoms with Gasteiger partial charge in [0, 0.05) is 18.7 Å². The standard InChI is InChI=1S/C27H29F6N3O/c28-26(29,30)20-3-5-21(6-4-20)37-24-8-2-19-13-17(1-7-22(19)25(24)27(31,32)33)15-36-11-9-18(10-12-36)23-14-34-16-35-23/h1-2,7-8,13-14,16,18,20-21H,3-6,9-12,15H2,(H,34,35)/t20-,21+. The molecule has 10 heteroatoms. The van der Waals surface area contributed by atoms with Crippen molar-refractivity contribution in [1.82, 2.24) is 14.9 Å². The van der Waals surface area contributed by atoms with Crippen LogP contribution in [0.5, 0.6) is 5.75 Å². The summed E-state index contributed by atoms with van der Waals surface area (Å²) in [5.41, 5.74) is 1.13. The van der Waals surface area contributed by atoms with Gasteiger partial charge in [-0.1, -0.05) is 18.2 Å². The van der Waals surface area contributed by atoms with Crippen molar-refractivity contribution in [2.24, 2.45) is 5.92 Å². The SMILES string of the molecule is FC(F)(F)c1c(O[C@H]2CC[C@@H](C(F)(F)F)CC2)ccc2cc(CN3CCC(c4c[nH]cn4)CC3)ccc12. The fourth-order valence-corrected chi connectivity index (χ4v) is 5.68. The van der Waals surface area contributed by atoms with Gasteiger partial charge in [0.1, 0.15) is 11.3 Å². The molecule has 2 aromatic carbocycles. The summed E-state index contributed by atoms with van der Waals surface area (Å²) in [6.45, 7) is 2.41. The summed E-state index contributed by atoms with van der Waals surface area (Å²) < 4.78 is 86.9. The Morgan fingerprint density at radius 2 is 1.65 bits per heavy atom. The molecule has 1 saturated heterocycles. The van der Waals surface area contributed by atoms with E-state index in [2.05, 4.69) is 14.9 Å². The van der Waals surface area contributed by atoms with Gasteiger partial charge in [0.2, 0.25) is 0 Å².